The third-order valence-corrected chi connectivity index (χ3v) is 10.7. The van der Waals surface area contributed by atoms with Crippen LogP contribution in [0.4, 0.5) is 0 Å². The number of carboxylic acids is 1. The molecular formula is C23H36O5Si. The number of carbonyl (C=O) groups is 1. The van der Waals surface area contributed by atoms with Gasteiger partial charge in [0.15, 0.2) is 14.6 Å². The van der Waals surface area contributed by atoms with E-state index in [1.165, 1.54) is 0 Å². The minimum absolute atomic E-state index is 0.00961. The van der Waals surface area contributed by atoms with E-state index in [0.717, 1.165) is 5.56 Å². The van der Waals surface area contributed by atoms with Gasteiger partial charge in [-0.1, -0.05) is 57.2 Å². The van der Waals surface area contributed by atoms with Gasteiger partial charge in [-0.3, -0.25) is 4.79 Å². The second-order valence-corrected chi connectivity index (χ2v) is 14.4. The van der Waals surface area contributed by atoms with Crippen molar-refractivity contribution in [2.24, 2.45) is 0 Å². The van der Waals surface area contributed by atoms with E-state index in [0.29, 0.717) is 12.8 Å². The quantitative estimate of drug-likeness (QED) is 0.411. The van der Waals surface area contributed by atoms with Crippen LogP contribution in [0.3, 0.4) is 0 Å². The van der Waals surface area contributed by atoms with Gasteiger partial charge in [0.05, 0.1) is 18.1 Å². The molecule has 1 aliphatic heterocycles. The molecule has 0 bridgehead atoms. The van der Waals surface area contributed by atoms with Crippen molar-refractivity contribution in [3.8, 4) is 0 Å². The Morgan fingerprint density at radius 3 is 2.48 bits per heavy atom. The maximum Gasteiger partial charge on any atom is 0.305 e. The van der Waals surface area contributed by atoms with Crippen LogP contribution in [0.1, 0.15) is 58.8 Å². The largest absolute Gasteiger partial charge is 0.481 e. The summed E-state index contributed by atoms with van der Waals surface area (Å²) in [5.74, 6) is -0.843. The minimum Gasteiger partial charge on any atom is -0.481 e. The molecule has 0 amide bonds. The summed E-state index contributed by atoms with van der Waals surface area (Å²) in [5.41, 5.74) is 0.373. The Labute approximate surface area is 176 Å². The van der Waals surface area contributed by atoms with E-state index in [2.05, 4.69) is 40.4 Å². The predicted octanol–water partition coefficient (Wildman–Crippen LogP) is 5.69. The molecule has 0 radical (unpaired) electrons. The zero-order chi connectivity index (χ0) is 21.9. The van der Waals surface area contributed by atoms with Gasteiger partial charge in [0.1, 0.15) is 6.10 Å². The number of hydrogen-bond donors (Lipinski definition) is 1. The van der Waals surface area contributed by atoms with Crippen molar-refractivity contribution in [2.75, 3.05) is 0 Å². The molecule has 2 rings (SSSR count). The average Bonchev–Trinajstić information content (AvgIpc) is 2.96. The van der Waals surface area contributed by atoms with Gasteiger partial charge in [-0.05, 0) is 37.9 Å². The molecule has 0 saturated carbocycles. The van der Waals surface area contributed by atoms with E-state index in [-0.39, 0.29) is 23.7 Å². The lowest BCUT2D eigenvalue weighted by Crippen LogP contribution is -2.45. The van der Waals surface area contributed by atoms with Crippen LogP contribution < -0.4 is 0 Å². The molecule has 29 heavy (non-hydrogen) atoms. The summed E-state index contributed by atoms with van der Waals surface area (Å²) in [6.07, 6.45) is 1.89. The number of ether oxygens (including phenoxy) is 2. The van der Waals surface area contributed by atoms with Gasteiger partial charge in [0, 0.05) is 5.56 Å². The SMILES string of the molecule is C=CC1OC(c2ccccc2)OC1(C)CCC(CC(=O)O)O[Si](C)(C)C(C)(C)C. The molecule has 0 aromatic heterocycles. The molecule has 1 saturated heterocycles. The highest BCUT2D eigenvalue weighted by Crippen LogP contribution is 2.43. The monoisotopic (exact) mass is 420 g/mol. The first kappa shape index (κ1) is 23.8. The smallest absolute Gasteiger partial charge is 0.305 e. The lowest BCUT2D eigenvalue weighted by atomic mass is 9.91. The molecule has 0 aliphatic carbocycles. The minimum atomic E-state index is -2.08. The number of benzene rings is 1. The first-order valence-corrected chi connectivity index (χ1v) is 13.2. The number of rotatable bonds is 9. The van der Waals surface area contributed by atoms with Crippen LogP contribution >= 0.6 is 0 Å². The third-order valence-electron chi connectivity index (χ3n) is 6.17. The summed E-state index contributed by atoms with van der Waals surface area (Å²) in [6.45, 7) is 16.7. The summed E-state index contributed by atoms with van der Waals surface area (Å²) in [7, 11) is -2.08. The standard InChI is InChI=1S/C23H36O5Si/c1-8-19-23(5,27-21(26-19)17-12-10-9-11-13-17)15-14-18(16-20(24)25)28-29(6,7)22(2,3)4/h8-13,18-19,21H,1,14-16H2,2-7H3,(H,24,25). The predicted molar refractivity (Wildman–Crippen MR) is 117 cm³/mol. The van der Waals surface area contributed by atoms with Gasteiger partial charge in [0.25, 0.3) is 0 Å². The number of aliphatic carboxylic acids is 1. The van der Waals surface area contributed by atoms with Crippen molar-refractivity contribution in [3.63, 3.8) is 0 Å². The molecule has 1 N–H and O–H groups in total. The molecule has 162 valence electrons. The van der Waals surface area contributed by atoms with E-state index >= 15 is 0 Å². The highest BCUT2D eigenvalue weighted by molar-refractivity contribution is 6.74. The fourth-order valence-electron chi connectivity index (χ4n) is 3.32. The Hall–Kier alpha value is -1.47. The van der Waals surface area contributed by atoms with Gasteiger partial charge < -0.3 is 19.0 Å². The molecule has 1 aromatic rings. The molecule has 6 heteroatoms. The van der Waals surface area contributed by atoms with Gasteiger partial charge in [-0.15, -0.1) is 6.58 Å². The summed E-state index contributed by atoms with van der Waals surface area (Å²) in [4.78, 5) is 11.4. The van der Waals surface area contributed by atoms with Crippen molar-refractivity contribution in [1.82, 2.24) is 0 Å². The molecule has 0 spiro atoms. The average molecular weight is 421 g/mol. The van der Waals surface area contributed by atoms with Crippen LogP contribution in [-0.2, 0) is 18.7 Å². The highest BCUT2D eigenvalue weighted by Gasteiger charge is 2.46. The second kappa shape index (κ2) is 9.12. The van der Waals surface area contributed by atoms with Crippen LogP contribution in [0, 0.1) is 0 Å². The summed E-state index contributed by atoms with van der Waals surface area (Å²) in [5, 5.41) is 9.41. The topological polar surface area (TPSA) is 65.0 Å². The zero-order valence-corrected chi connectivity index (χ0v) is 19.6. The van der Waals surface area contributed by atoms with Gasteiger partial charge in [-0.2, -0.15) is 0 Å². The molecule has 1 aromatic carbocycles. The molecule has 1 aliphatic rings. The van der Waals surface area contributed by atoms with Crippen molar-refractivity contribution in [1.29, 1.82) is 0 Å². The molecule has 4 atom stereocenters. The van der Waals surface area contributed by atoms with E-state index in [4.69, 9.17) is 13.9 Å². The van der Waals surface area contributed by atoms with Crippen molar-refractivity contribution in [2.45, 2.75) is 89.2 Å². The van der Waals surface area contributed by atoms with Crippen LogP contribution in [0.2, 0.25) is 18.1 Å². The lowest BCUT2D eigenvalue weighted by Gasteiger charge is -2.39. The zero-order valence-electron chi connectivity index (χ0n) is 18.6. The van der Waals surface area contributed by atoms with E-state index in [9.17, 15) is 9.90 Å². The first-order valence-electron chi connectivity index (χ1n) is 10.3. The highest BCUT2D eigenvalue weighted by atomic mass is 28.4. The van der Waals surface area contributed by atoms with Crippen LogP contribution in [0.5, 0.6) is 0 Å². The Morgan fingerprint density at radius 2 is 1.97 bits per heavy atom. The lowest BCUT2D eigenvalue weighted by molar-refractivity contribution is -0.139. The number of carboxylic acid groups (broad SMARTS) is 1. The molecule has 1 fully saturated rings. The van der Waals surface area contributed by atoms with Crippen molar-refractivity contribution < 1.29 is 23.8 Å². The summed E-state index contributed by atoms with van der Waals surface area (Å²) < 4.78 is 18.8. The van der Waals surface area contributed by atoms with Crippen LogP contribution in [0.25, 0.3) is 0 Å². The Balaban J connectivity index is 2.11. The second-order valence-electron chi connectivity index (χ2n) is 9.60. The third kappa shape index (κ3) is 6.01. The maximum absolute atomic E-state index is 11.4. The molecule has 1 heterocycles. The van der Waals surface area contributed by atoms with Crippen molar-refractivity contribution in [3.05, 3.63) is 48.6 Å². The van der Waals surface area contributed by atoms with E-state index < -0.39 is 26.2 Å². The Morgan fingerprint density at radius 1 is 1.34 bits per heavy atom. The summed E-state index contributed by atoms with van der Waals surface area (Å²) >= 11 is 0. The van der Waals surface area contributed by atoms with Gasteiger partial charge >= 0.3 is 5.97 Å². The fraction of sp³-hybridized carbons (Fsp3) is 0.609. The van der Waals surface area contributed by atoms with Gasteiger partial charge in [0.2, 0.25) is 0 Å². The van der Waals surface area contributed by atoms with Crippen molar-refractivity contribution >= 4 is 14.3 Å². The van der Waals surface area contributed by atoms with Crippen LogP contribution in [-0.4, -0.2) is 37.2 Å². The maximum atomic E-state index is 11.4. The van der Waals surface area contributed by atoms with E-state index in [1.54, 1.807) is 6.08 Å². The fourth-order valence-corrected chi connectivity index (χ4v) is 4.71. The molecule has 4 unspecified atom stereocenters. The Kier molecular flexibility index (Phi) is 7.49. The van der Waals surface area contributed by atoms with Crippen LogP contribution in [0.15, 0.2) is 43.0 Å². The number of hydrogen-bond acceptors (Lipinski definition) is 4. The first-order chi connectivity index (χ1) is 13.4. The normalized spacial score (nSPS) is 26.3. The molecular weight excluding hydrogens is 384 g/mol. The summed E-state index contributed by atoms with van der Waals surface area (Å²) in [6, 6.07) is 9.82. The molecule has 5 nitrogen and oxygen atoms in total. The Bertz CT molecular complexity index is 697. The van der Waals surface area contributed by atoms with E-state index in [1.807, 2.05) is 37.3 Å². The van der Waals surface area contributed by atoms with Gasteiger partial charge in [-0.25, -0.2) is 0 Å².